The van der Waals surface area contributed by atoms with Gasteiger partial charge in [0, 0.05) is 0 Å². The molecule has 0 aromatic heterocycles. The normalized spacial score (nSPS) is 22.2. The second-order valence-corrected chi connectivity index (χ2v) is 14.7. The van der Waals surface area contributed by atoms with Gasteiger partial charge in [0.1, 0.15) is 12.6 Å². The molecule has 4 rings (SSSR count). The van der Waals surface area contributed by atoms with Gasteiger partial charge in [-0.3, -0.25) is 4.90 Å². The zero-order chi connectivity index (χ0) is 27.4. The number of amides is 1. The predicted molar refractivity (Wildman–Crippen MR) is 141 cm³/mol. The van der Waals surface area contributed by atoms with E-state index in [0.29, 0.717) is 11.1 Å². The van der Waals surface area contributed by atoms with Crippen LogP contribution >= 0.6 is 0 Å². The number of halogens is 3. The van der Waals surface area contributed by atoms with Gasteiger partial charge in [-0.25, -0.2) is 4.79 Å². The lowest BCUT2D eigenvalue weighted by Crippen LogP contribution is -2.71. The molecule has 1 saturated heterocycles. The Balaban J connectivity index is 1.83. The van der Waals surface area contributed by atoms with Gasteiger partial charge >= 0.3 is 12.3 Å². The number of rotatable bonds is 7. The lowest BCUT2D eigenvalue weighted by molar-refractivity contribution is -0.392. The molecule has 1 amide bonds. The summed E-state index contributed by atoms with van der Waals surface area (Å²) in [5.41, 5.74) is 1.99. The Labute approximate surface area is 222 Å². The van der Waals surface area contributed by atoms with Gasteiger partial charge in [-0.1, -0.05) is 91.0 Å². The molecule has 1 fully saturated rings. The van der Waals surface area contributed by atoms with Gasteiger partial charge < -0.3 is 13.9 Å². The summed E-state index contributed by atoms with van der Waals surface area (Å²) in [7, 11) is -2.85. The van der Waals surface area contributed by atoms with Crippen molar-refractivity contribution in [3.63, 3.8) is 0 Å². The van der Waals surface area contributed by atoms with Crippen LogP contribution in [0.15, 0.2) is 91.0 Å². The molecule has 1 heterocycles. The van der Waals surface area contributed by atoms with Crippen LogP contribution in [0.4, 0.5) is 18.0 Å². The molecule has 1 aliphatic rings. The largest absolute Gasteiger partial charge is 0.445 e. The molecule has 2 unspecified atom stereocenters. The summed E-state index contributed by atoms with van der Waals surface area (Å²) in [6.07, 6.45) is -5.93. The summed E-state index contributed by atoms with van der Waals surface area (Å²) in [5.74, 6) is -3.02. The van der Waals surface area contributed by atoms with Gasteiger partial charge in [-0.05, 0) is 42.8 Å². The van der Waals surface area contributed by atoms with Crippen LogP contribution in [0.5, 0.6) is 0 Å². The van der Waals surface area contributed by atoms with E-state index < -0.39 is 45.1 Å². The molecule has 0 spiro atoms. The van der Waals surface area contributed by atoms with Crippen molar-refractivity contribution < 1.29 is 31.9 Å². The van der Waals surface area contributed by atoms with E-state index in [1.807, 2.05) is 6.07 Å². The topological polar surface area (TPSA) is 48.0 Å². The summed E-state index contributed by atoms with van der Waals surface area (Å²) in [5, 5.41) is 0. The molecule has 0 N–H and O–H groups in total. The van der Waals surface area contributed by atoms with Gasteiger partial charge in [0.05, 0.1) is 12.6 Å². The zero-order valence-corrected chi connectivity index (χ0v) is 22.7. The van der Waals surface area contributed by atoms with Gasteiger partial charge in [-0.2, -0.15) is 13.2 Å². The summed E-state index contributed by atoms with van der Waals surface area (Å²) >= 11 is 0. The quantitative estimate of drug-likeness (QED) is 0.298. The molecule has 0 saturated carbocycles. The molecule has 0 radical (unpaired) electrons. The highest BCUT2D eigenvalue weighted by molar-refractivity contribution is 6.69. The number of hydrogen-bond acceptors (Lipinski definition) is 4. The van der Waals surface area contributed by atoms with E-state index >= 15 is 13.2 Å². The lowest BCUT2D eigenvalue weighted by Gasteiger charge is -2.53. The molecular formula is C29H32F3NO4Si. The fraction of sp³-hybridized carbons (Fsp3) is 0.345. The molecule has 1 aliphatic heterocycles. The minimum atomic E-state index is -4.92. The van der Waals surface area contributed by atoms with Crippen LogP contribution in [0.3, 0.4) is 0 Å². The Morgan fingerprint density at radius 3 is 1.97 bits per heavy atom. The standard InChI is InChI=1S/C29H32F3NO4Si/c1-38(2,3)37-28(29(30,31)32)26(19-22-13-7-4-8-14-22)33(25(21-36-28)24-17-11-6-12-18-24)27(34)35-20-23-15-9-5-10-16-23/h4-18,25-26H,19-21H2,1-3H3/t25-,26?,28?/m1/s1. The second-order valence-electron chi connectivity index (χ2n) is 10.3. The Bertz CT molecular complexity index is 1190. The SMILES string of the molecule is C[Si](C)(C)OC1(C(F)(F)F)OC[C@H](c2ccccc2)N(C(=O)OCc2ccccc2)C1Cc1ccccc1. The van der Waals surface area contributed by atoms with Gasteiger partial charge in [0.25, 0.3) is 5.79 Å². The van der Waals surface area contributed by atoms with E-state index in [0.717, 1.165) is 5.56 Å². The third-order valence-corrected chi connectivity index (χ3v) is 7.21. The Hall–Kier alpha value is -3.14. The first kappa shape index (κ1) is 27.9. The van der Waals surface area contributed by atoms with Crippen molar-refractivity contribution in [3.05, 3.63) is 108 Å². The smallest absolute Gasteiger partial charge is 0.444 e. The summed E-state index contributed by atoms with van der Waals surface area (Å²) in [6.45, 7) is 4.53. The van der Waals surface area contributed by atoms with Crippen molar-refractivity contribution in [1.82, 2.24) is 4.90 Å². The van der Waals surface area contributed by atoms with E-state index in [-0.39, 0.29) is 13.0 Å². The molecule has 3 aromatic carbocycles. The molecule has 3 aromatic rings. The minimum Gasteiger partial charge on any atom is -0.445 e. The van der Waals surface area contributed by atoms with Gasteiger partial charge in [-0.15, -0.1) is 0 Å². The minimum absolute atomic E-state index is 0.0789. The van der Waals surface area contributed by atoms with Crippen molar-refractivity contribution in [1.29, 1.82) is 0 Å². The number of carbonyl (C=O) groups excluding carboxylic acids is 1. The Morgan fingerprint density at radius 2 is 1.45 bits per heavy atom. The summed E-state index contributed by atoms with van der Waals surface area (Å²) in [6, 6.07) is 24.3. The molecule has 9 heteroatoms. The number of benzene rings is 3. The number of morpholine rings is 1. The molecule has 0 aliphatic carbocycles. The van der Waals surface area contributed by atoms with Crippen molar-refractivity contribution in [2.24, 2.45) is 0 Å². The fourth-order valence-corrected chi connectivity index (χ4v) is 5.93. The maximum Gasteiger partial charge on any atom is 0.444 e. The highest BCUT2D eigenvalue weighted by Gasteiger charge is 2.68. The highest BCUT2D eigenvalue weighted by atomic mass is 28.4. The van der Waals surface area contributed by atoms with Crippen LogP contribution in [-0.2, 0) is 26.9 Å². The van der Waals surface area contributed by atoms with Gasteiger partial charge in [0.2, 0.25) is 0 Å². The summed E-state index contributed by atoms with van der Waals surface area (Å²) < 4.78 is 62.5. The van der Waals surface area contributed by atoms with Crippen molar-refractivity contribution >= 4 is 14.4 Å². The van der Waals surface area contributed by atoms with E-state index in [2.05, 4.69) is 0 Å². The molecule has 202 valence electrons. The predicted octanol–water partition coefficient (Wildman–Crippen LogP) is 7.12. The van der Waals surface area contributed by atoms with Crippen LogP contribution in [-0.4, -0.2) is 43.9 Å². The van der Waals surface area contributed by atoms with Crippen LogP contribution < -0.4 is 0 Å². The maximum atomic E-state index is 15.1. The highest BCUT2D eigenvalue weighted by Crippen LogP contribution is 2.48. The number of hydrogen-bond donors (Lipinski definition) is 0. The molecule has 5 nitrogen and oxygen atoms in total. The third-order valence-electron chi connectivity index (χ3n) is 6.29. The van der Waals surface area contributed by atoms with Crippen LogP contribution in [0, 0.1) is 0 Å². The number of nitrogens with zero attached hydrogens (tertiary/aromatic N) is 1. The zero-order valence-electron chi connectivity index (χ0n) is 21.7. The molecule has 38 heavy (non-hydrogen) atoms. The molecule has 0 bridgehead atoms. The van der Waals surface area contributed by atoms with E-state index in [4.69, 9.17) is 13.9 Å². The second kappa shape index (κ2) is 11.3. The van der Waals surface area contributed by atoms with Crippen molar-refractivity contribution in [2.45, 2.75) is 56.7 Å². The Kier molecular flexibility index (Phi) is 8.30. The van der Waals surface area contributed by atoms with Crippen molar-refractivity contribution in [2.75, 3.05) is 6.61 Å². The molecule has 3 atom stereocenters. The van der Waals surface area contributed by atoms with E-state index in [1.54, 1.807) is 105 Å². The van der Waals surface area contributed by atoms with E-state index in [1.165, 1.54) is 4.90 Å². The maximum absolute atomic E-state index is 15.1. The van der Waals surface area contributed by atoms with Crippen LogP contribution in [0.25, 0.3) is 0 Å². The van der Waals surface area contributed by atoms with Gasteiger partial charge in [0.15, 0.2) is 8.32 Å². The summed E-state index contributed by atoms with van der Waals surface area (Å²) in [4.78, 5) is 15.0. The van der Waals surface area contributed by atoms with Crippen molar-refractivity contribution in [3.8, 4) is 0 Å². The molecular weight excluding hydrogens is 511 g/mol. The van der Waals surface area contributed by atoms with Crippen LogP contribution in [0.1, 0.15) is 22.7 Å². The Morgan fingerprint density at radius 1 is 0.921 bits per heavy atom. The first-order valence-electron chi connectivity index (χ1n) is 12.5. The monoisotopic (exact) mass is 543 g/mol. The first-order valence-corrected chi connectivity index (χ1v) is 15.9. The third kappa shape index (κ3) is 6.28. The average molecular weight is 544 g/mol. The average Bonchev–Trinajstić information content (AvgIpc) is 2.88. The number of ether oxygens (including phenoxy) is 2. The number of carbonyl (C=O) groups is 1. The lowest BCUT2D eigenvalue weighted by atomic mass is 9.91. The van der Waals surface area contributed by atoms with E-state index in [9.17, 15) is 4.79 Å². The fourth-order valence-electron chi connectivity index (χ4n) is 4.71. The van der Waals surface area contributed by atoms with Crippen LogP contribution in [0.2, 0.25) is 19.6 Å². The first-order chi connectivity index (χ1) is 18.0. The number of alkyl halides is 3.